The number of hydrogen-bond acceptors (Lipinski definition) is 0. The molecule has 0 saturated carbocycles. The molecule has 0 N–H and O–H groups in total. The average molecular weight is 220 g/mol. The Morgan fingerprint density at radius 2 is 1.57 bits per heavy atom. The molecule has 0 aromatic heterocycles. The fourth-order valence-electron chi connectivity index (χ4n) is 1.74. The van der Waals surface area contributed by atoms with Crippen LogP contribution in [0, 0.1) is 0 Å². The van der Waals surface area contributed by atoms with Gasteiger partial charge < -0.3 is 12.4 Å². The molecule has 0 fully saturated rings. The zero-order chi connectivity index (χ0) is 10.2. The number of nitrogens with zero attached hydrogens (tertiary/aromatic N) is 1. The minimum absolute atomic E-state index is 0. The van der Waals surface area contributed by atoms with Gasteiger partial charge in [0.1, 0.15) is 0 Å². The van der Waals surface area contributed by atoms with E-state index in [1.807, 2.05) is 0 Å². The number of unbranched alkanes of at least 4 members (excludes halogenated alkanes) is 3. The maximum atomic E-state index is 3.95. The third kappa shape index (κ3) is 5.66. The highest BCUT2D eigenvalue weighted by Gasteiger charge is 2.17. The standard InChI is InChI=1S/C12H26N.ClH/c1-5-9-10-11-12-13(6-2,7-3)8-4;/h6H,2,5,7-12H2,1,3-4H3;1H/q+1;/p-1. The molecule has 14 heavy (non-hydrogen) atoms. The quantitative estimate of drug-likeness (QED) is 0.414. The Morgan fingerprint density at radius 3 is 1.93 bits per heavy atom. The number of hydrogen-bond donors (Lipinski definition) is 0. The van der Waals surface area contributed by atoms with Crippen molar-refractivity contribution < 1.29 is 16.9 Å². The maximum Gasteiger partial charge on any atom is 0.0885 e. The van der Waals surface area contributed by atoms with Crippen LogP contribution in [0.4, 0.5) is 0 Å². The van der Waals surface area contributed by atoms with Crippen molar-refractivity contribution in [1.82, 2.24) is 0 Å². The summed E-state index contributed by atoms with van der Waals surface area (Å²) >= 11 is 0. The fourth-order valence-corrected chi connectivity index (χ4v) is 1.74. The molecule has 0 aliphatic rings. The van der Waals surface area contributed by atoms with Gasteiger partial charge in [0, 0.05) is 0 Å². The van der Waals surface area contributed by atoms with E-state index in [0.717, 1.165) is 4.48 Å². The van der Waals surface area contributed by atoms with E-state index in [2.05, 4.69) is 33.6 Å². The molecule has 86 valence electrons. The Balaban J connectivity index is 0. The summed E-state index contributed by atoms with van der Waals surface area (Å²) in [6, 6.07) is 0. The Kier molecular flexibility index (Phi) is 11.2. The van der Waals surface area contributed by atoms with Gasteiger partial charge in [-0.1, -0.05) is 19.8 Å². The molecule has 0 unspecified atom stereocenters. The van der Waals surface area contributed by atoms with Gasteiger partial charge in [0.2, 0.25) is 0 Å². The molecule has 0 aliphatic carbocycles. The van der Waals surface area contributed by atoms with Crippen molar-refractivity contribution in [3.05, 3.63) is 12.8 Å². The van der Waals surface area contributed by atoms with E-state index in [4.69, 9.17) is 0 Å². The Bertz CT molecular complexity index is 130. The summed E-state index contributed by atoms with van der Waals surface area (Å²) < 4.78 is 1.09. The van der Waals surface area contributed by atoms with E-state index in [1.54, 1.807) is 0 Å². The second-order valence-electron chi connectivity index (χ2n) is 3.82. The molecule has 0 saturated heterocycles. The summed E-state index contributed by atoms with van der Waals surface area (Å²) in [4.78, 5) is 0. The van der Waals surface area contributed by atoms with Crippen molar-refractivity contribution in [2.24, 2.45) is 0 Å². The average Bonchev–Trinajstić information content (AvgIpc) is 2.20. The minimum Gasteiger partial charge on any atom is -1.00 e. The first-order valence-corrected chi connectivity index (χ1v) is 5.74. The van der Waals surface area contributed by atoms with Crippen LogP contribution in [0.3, 0.4) is 0 Å². The maximum absolute atomic E-state index is 3.95. The van der Waals surface area contributed by atoms with Gasteiger partial charge in [-0.25, -0.2) is 0 Å². The minimum atomic E-state index is 0. The normalized spacial score (nSPS) is 10.8. The van der Waals surface area contributed by atoms with E-state index >= 15 is 0 Å². The lowest BCUT2D eigenvalue weighted by atomic mass is 10.2. The summed E-state index contributed by atoms with van der Waals surface area (Å²) in [5.41, 5.74) is 0. The first-order valence-electron chi connectivity index (χ1n) is 5.74. The fraction of sp³-hybridized carbons (Fsp3) is 0.833. The van der Waals surface area contributed by atoms with Gasteiger partial charge in [-0.3, -0.25) is 4.48 Å². The molecule has 0 radical (unpaired) electrons. The van der Waals surface area contributed by atoms with Crippen LogP contribution in [0.15, 0.2) is 12.8 Å². The van der Waals surface area contributed by atoms with Gasteiger partial charge in [0.25, 0.3) is 0 Å². The summed E-state index contributed by atoms with van der Waals surface area (Å²) in [6.07, 6.45) is 7.55. The molecule has 0 spiro atoms. The van der Waals surface area contributed by atoms with Crippen LogP contribution in [0.5, 0.6) is 0 Å². The van der Waals surface area contributed by atoms with Crippen molar-refractivity contribution in [2.75, 3.05) is 19.6 Å². The molecule has 0 aliphatic heterocycles. The van der Waals surface area contributed by atoms with Gasteiger partial charge >= 0.3 is 0 Å². The van der Waals surface area contributed by atoms with Gasteiger partial charge in [-0.15, -0.1) is 0 Å². The molecule has 0 amide bonds. The summed E-state index contributed by atoms with van der Waals surface area (Å²) in [7, 11) is 0. The predicted molar refractivity (Wildman–Crippen MR) is 60.5 cm³/mol. The monoisotopic (exact) mass is 219 g/mol. The van der Waals surface area contributed by atoms with Crippen molar-refractivity contribution in [2.45, 2.75) is 46.5 Å². The lowest BCUT2D eigenvalue weighted by Crippen LogP contribution is -3.00. The zero-order valence-corrected chi connectivity index (χ0v) is 10.8. The largest absolute Gasteiger partial charge is 1.00 e. The van der Waals surface area contributed by atoms with Gasteiger partial charge in [0.05, 0.1) is 25.8 Å². The van der Waals surface area contributed by atoms with Gasteiger partial charge in [0.15, 0.2) is 0 Å². The Hall–Kier alpha value is -0.0100. The summed E-state index contributed by atoms with van der Waals surface area (Å²) in [6.45, 7) is 14.4. The number of quaternary nitrogens is 1. The first kappa shape index (κ1) is 16.4. The van der Waals surface area contributed by atoms with Crippen LogP contribution in [-0.4, -0.2) is 24.1 Å². The molecule has 1 nitrogen and oxygen atoms in total. The van der Waals surface area contributed by atoms with Crippen LogP contribution in [0.2, 0.25) is 0 Å². The highest BCUT2D eigenvalue weighted by atomic mass is 35.5. The van der Waals surface area contributed by atoms with E-state index < -0.39 is 0 Å². The summed E-state index contributed by atoms with van der Waals surface area (Å²) in [5.74, 6) is 0. The molecule has 0 rings (SSSR count). The molecule has 0 bridgehead atoms. The smallest absolute Gasteiger partial charge is 0.0885 e. The third-order valence-electron chi connectivity index (χ3n) is 3.10. The first-order chi connectivity index (χ1) is 6.24. The van der Waals surface area contributed by atoms with E-state index in [9.17, 15) is 0 Å². The number of rotatable bonds is 8. The second-order valence-corrected chi connectivity index (χ2v) is 3.82. The Labute approximate surface area is 96.2 Å². The van der Waals surface area contributed by atoms with Crippen molar-refractivity contribution in [1.29, 1.82) is 0 Å². The Morgan fingerprint density at radius 1 is 1.00 bits per heavy atom. The zero-order valence-electron chi connectivity index (χ0n) is 10.1. The molecule has 0 aromatic carbocycles. The van der Waals surface area contributed by atoms with Crippen LogP contribution in [0.1, 0.15) is 46.5 Å². The molecular formula is C12H26ClN. The van der Waals surface area contributed by atoms with Crippen LogP contribution in [0.25, 0.3) is 0 Å². The molecule has 0 atom stereocenters. The summed E-state index contributed by atoms with van der Waals surface area (Å²) in [5, 5.41) is 0. The second kappa shape index (κ2) is 9.54. The van der Waals surface area contributed by atoms with Crippen molar-refractivity contribution in [3.63, 3.8) is 0 Å². The van der Waals surface area contributed by atoms with E-state index in [1.165, 1.54) is 45.3 Å². The number of halogens is 1. The highest BCUT2D eigenvalue weighted by molar-refractivity contribution is 4.56. The van der Waals surface area contributed by atoms with Gasteiger partial charge in [-0.2, -0.15) is 0 Å². The topological polar surface area (TPSA) is 0 Å². The molecule has 2 heteroatoms. The van der Waals surface area contributed by atoms with Crippen LogP contribution in [-0.2, 0) is 0 Å². The van der Waals surface area contributed by atoms with E-state index in [-0.39, 0.29) is 12.4 Å². The van der Waals surface area contributed by atoms with Crippen molar-refractivity contribution >= 4 is 0 Å². The van der Waals surface area contributed by atoms with Gasteiger partial charge in [-0.05, 0) is 33.3 Å². The van der Waals surface area contributed by atoms with E-state index in [0.29, 0.717) is 0 Å². The molecular weight excluding hydrogens is 194 g/mol. The third-order valence-corrected chi connectivity index (χ3v) is 3.10. The van der Waals surface area contributed by atoms with Crippen LogP contribution < -0.4 is 12.4 Å². The predicted octanol–water partition coefficient (Wildman–Crippen LogP) is 0.571. The SMILES string of the molecule is C=C[N+](CC)(CC)CCCCCC.[Cl-]. The van der Waals surface area contributed by atoms with Crippen LogP contribution >= 0.6 is 0 Å². The lowest BCUT2D eigenvalue weighted by Gasteiger charge is -2.32. The molecule has 0 heterocycles. The highest BCUT2D eigenvalue weighted by Crippen LogP contribution is 2.10. The lowest BCUT2D eigenvalue weighted by molar-refractivity contribution is -0.876. The van der Waals surface area contributed by atoms with Crippen molar-refractivity contribution in [3.8, 4) is 0 Å². The molecule has 0 aromatic rings.